The van der Waals surface area contributed by atoms with Crippen molar-refractivity contribution in [3.63, 3.8) is 0 Å². The topological polar surface area (TPSA) is 89.3 Å². The Balaban J connectivity index is 2.37. The zero-order valence-corrected chi connectivity index (χ0v) is 12.9. The van der Waals surface area contributed by atoms with Crippen LogP contribution in [0.4, 0.5) is 5.69 Å². The van der Waals surface area contributed by atoms with Crippen molar-refractivity contribution in [1.82, 2.24) is 4.72 Å². The van der Waals surface area contributed by atoms with E-state index in [-0.39, 0.29) is 16.0 Å². The molecule has 0 saturated carbocycles. The van der Waals surface area contributed by atoms with Gasteiger partial charge in [-0.15, -0.1) is 0 Å². The van der Waals surface area contributed by atoms with Crippen LogP contribution < -0.4 is 4.72 Å². The summed E-state index contributed by atoms with van der Waals surface area (Å²) in [4.78, 5) is 10.1. The lowest BCUT2D eigenvalue weighted by atomic mass is 10.0. The number of allylic oxidation sites excluding steroid dienone is 1. The average Bonchev–Trinajstić information content (AvgIpc) is 2.38. The summed E-state index contributed by atoms with van der Waals surface area (Å²) >= 11 is 5.77. The minimum atomic E-state index is -3.81. The summed E-state index contributed by atoms with van der Waals surface area (Å²) < 4.78 is 27.4. The molecule has 1 unspecified atom stereocenters. The van der Waals surface area contributed by atoms with E-state index in [1.54, 1.807) is 6.92 Å². The second-order valence-corrected chi connectivity index (χ2v) is 7.02. The van der Waals surface area contributed by atoms with Crippen molar-refractivity contribution in [3.05, 3.63) is 45.0 Å². The molecule has 0 bridgehead atoms. The van der Waals surface area contributed by atoms with E-state index in [0.717, 1.165) is 12.5 Å². The van der Waals surface area contributed by atoms with Crippen molar-refractivity contribution < 1.29 is 13.3 Å². The van der Waals surface area contributed by atoms with Gasteiger partial charge in [-0.2, -0.15) is 0 Å². The zero-order chi connectivity index (χ0) is 15.6. The van der Waals surface area contributed by atoms with Gasteiger partial charge in [-0.25, -0.2) is 13.1 Å². The first-order valence-corrected chi connectivity index (χ1v) is 8.29. The van der Waals surface area contributed by atoms with Crippen LogP contribution in [-0.2, 0) is 10.0 Å². The van der Waals surface area contributed by atoms with Crippen LogP contribution >= 0.6 is 11.6 Å². The van der Waals surface area contributed by atoms with Crippen LogP contribution in [-0.4, -0.2) is 19.4 Å². The van der Waals surface area contributed by atoms with E-state index in [1.807, 2.05) is 12.2 Å². The second kappa shape index (κ2) is 6.13. The van der Waals surface area contributed by atoms with Gasteiger partial charge < -0.3 is 0 Å². The molecular formula is C13H15ClN2O4S. The Morgan fingerprint density at radius 1 is 1.38 bits per heavy atom. The Morgan fingerprint density at radius 2 is 2.10 bits per heavy atom. The van der Waals surface area contributed by atoms with Crippen molar-refractivity contribution in [2.24, 2.45) is 0 Å². The molecule has 0 spiro atoms. The second-order valence-electron chi connectivity index (χ2n) is 4.93. The lowest BCUT2D eigenvalue weighted by molar-refractivity contribution is -0.384. The molecule has 1 aromatic carbocycles. The van der Waals surface area contributed by atoms with E-state index in [1.165, 1.54) is 6.07 Å². The largest absolute Gasteiger partial charge is 0.289 e. The molecule has 0 aliphatic heterocycles. The van der Waals surface area contributed by atoms with Gasteiger partial charge in [0.2, 0.25) is 10.0 Å². The van der Waals surface area contributed by atoms with Crippen molar-refractivity contribution in [1.29, 1.82) is 0 Å². The maximum atomic E-state index is 12.4. The average molecular weight is 331 g/mol. The van der Waals surface area contributed by atoms with E-state index >= 15 is 0 Å². The first-order chi connectivity index (χ1) is 9.81. The van der Waals surface area contributed by atoms with Gasteiger partial charge in [-0.3, -0.25) is 10.1 Å². The monoisotopic (exact) mass is 330 g/mol. The summed E-state index contributed by atoms with van der Waals surface area (Å²) in [6.45, 7) is 1.56. The Kier molecular flexibility index (Phi) is 4.65. The fraction of sp³-hybridized carbons (Fsp3) is 0.385. The Bertz CT molecular complexity index is 700. The van der Waals surface area contributed by atoms with Gasteiger partial charge in [0, 0.05) is 12.1 Å². The third kappa shape index (κ3) is 3.61. The van der Waals surface area contributed by atoms with Crippen LogP contribution in [0.15, 0.2) is 29.2 Å². The lowest BCUT2D eigenvalue weighted by Crippen LogP contribution is -2.35. The first kappa shape index (κ1) is 15.9. The SMILES string of the molecule is Cc1cc(Cl)c([N+](=O)[O-])cc1S(=O)(=O)NC1CC=CCC1. The molecule has 1 aliphatic carbocycles. The van der Waals surface area contributed by atoms with E-state index in [0.29, 0.717) is 18.4 Å². The van der Waals surface area contributed by atoms with Gasteiger partial charge in [0.1, 0.15) is 5.02 Å². The summed E-state index contributed by atoms with van der Waals surface area (Å²) in [5.74, 6) is 0. The predicted molar refractivity (Wildman–Crippen MR) is 79.9 cm³/mol. The zero-order valence-electron chi connectivity index (χ0n) is 11.4. The summed E-state index contributed by atoms with van der Waals surface area (Å²) in [6, 6.07) is 2.13. The highest BCUT2D eigenvalue weighted by Crippen LogP contribution is 2.30. The molecular weight excluding hydrogens is 316 g/mol. The number of benzene rings is 1. The molecule has 1 aliphatic rings. The fourth-order valence-corrected chi connectivity index (χ4v) is 4.07. The van der Waals surface area contributed by atoms with Crippen molar-refractivity contribution in [3.8, 4) is 0 Å². The van der Waals surface area contributed by atoms with E-state index < -0.39 is 20.6 Å². The van der Waals surface area contributed by atoms with Crippen LogP contribution in [0, 0.1) is 17.0 Å². The van der Waals surface area contributed by atoms with Crippen LogP contribution in [0.25, 0.3) is 0 Å². The Hall–Kier alpha value is -1.44. The third-order valence-electron chi connectivity index (χ3n) is 3.32. The number of nitrogens with zero attached hydrogens (tertiary/aromatic N) is 1. The molecule has 6 nitrogen and oxygen atoms in total. The summed E-state index contributed by atoms with van der Waals surface area (Å²) in [5.41, 5.74) is -0.0318. The summed E-state index contributed by atoms with van der Waals surface area (Å²) in [7, 11) is -3.81. The number of nitro groups is 1. The fourth-order valence-electron chi connectivity index (χ4n) is 2.26. The Labute approximate surface area is 128 Å². The maximum absolute atomic E-state index is 12.4. The number of halogens is 1. The highest BCUT2D eigenvalue weighted by atomic mass is 35.5. The third-order valence-corrected chi connectivity index (χ3v) is 5.29. The molecule has 0 fully saturated rings. The molecule has 1 aromatic rings. The van der Waals surface area contributed by atoms with Gasteiger partial charge in [-0.1, -0.05) is 23.8 Å². The molecule has 0 aromatic heterocycles. The minimum Gasteiger partial charge on any atom is -0.258 e. The highest BCUT2D eigenvalue weighted by Gasteiger charge is 2.26. The van der Waals surface area contributed by atoms with Crippen molar-refractivity contribution in [2.75, 3.05) is 0 Å². The summed E-state index contributed by atoms with van der Waals surface area (Å²) in [6.07, 6.45) is 6.07. The molecule has 0 saturated heterocycles. The molecule has 0 heterocycles. The molecule has 2 rings (SSSR count). The molecule has 114 valence electrons. The van der Waals surface area contributed by atoms with Gasteiger partial charge in [0.05, 0.1) is 9.82 Å². The van der Waals surface area contributed by atoms with Crippen molar-refractivity contribution >= 4 is 27.3 Å². The number of nitrogens with one attached hydrogen (secondary N) is 1. The normalized spacial score (nSPS) is 18.7. The number of hydrogen-bond acceptors (Lipinski definition) is 4. The quantitative estimate of drug-likeness (QED) is 0.522. The first-order valence-electron chi connectivity index (χ1n) is 6.43. The predicted octanol–water partition coefficient (Wildman–Crippen LogP) is 2.94. The lowest BCUT2D eigenvalue weighted by Gasteiger charge is -2.20. The maximum Gasteiger partial charge on any atom is 0.289 e. The molecule has 0 radical (unpaired) electrons. The minimum absolute atomic E-state index is 0.0722. The molecule has 1 N–H and O–H groups in total. The van der Waals surface area contributed by atoms with Gasteiger partial charge in [0.25, 0.3) is 5.69 Å². The number of sulfonamides is 1. The van der Waals surface area contributed by atoms with Crippen LogP contribution in [0.2, 0.25) is 5.02 Å². The van der Waals surface area contributed by atoms with Gasteiger partial charge in [-0.05, 0) is 37.8 Å². The van der Waals surface area contributed by atoms with Crippen LogP contribution in [0.5, 0.6) is 0 Å². The number of aryl methyl sites for hydroxylation is 1. The van der Waals surface area contributed by atoms with E-state index in [2.05, 4.69) is 4.72 Å². The Morgan fingerprint density at radius 3 is 2.67 bits per heavy atom. The van der Waals surface area contributed by atoms with Gasteiger partial charge in [0.15, 0.2) is 0 Å². The van der Waals surface area contributed by atoms with Crippen molar-refractivity contribution in [2.45, 2.75) is 37.1 Å². The number of nitro benzene ring substituents is 1. The smallest absolute Gasteiger partial charge is 0.258 e. The summed E-state index contributed by atoms with van der Waals surface area (Å²) in [5, 5.41) is 10.8. The molecule has 21 heavy (non-hydrogen) atoms. The molecule has 0 amide bonds. The molecule has 8 heteroatoms. The van der Waals surface area contributed by atoms with E-state index in [4.69, 9.17) is 11.6 Å². The van der Waals surface area contributed by atoms with Gasteiger partial charge >= 0.3 is 0 Å². The number of rotatable bonds is 4. The van der Waals surface area contributed by atoms with Crippen LogP contribution in [0.3, 0.4) is 0 Å². The standard InChI is InChI=1S/C13H15ClN2O4S/c1-9-7-11(14)12(16(17)18)8-13(9)21(19,20)15-10-5-3-2-4-6-10/h2-3,7-8,10,15H,4-6H2,1H3. The number of hydrogen-bond donors (Lipinski definition) is 1. The van der Waals surface area contributed by atoms with Crippen LogP contribution in [0.1, 0.15) is 24.8 Å². The highest BCUT2D eigenvalue weighted by molar-refractivity contribution is 7.89. The van der Waals surface area contributed by atoms with E-state index in [9.17, 15) is 18.5 Å². The molecule has 1 atom stereocenters.